The molecule has 148 valence electrons. The second kappa shape index (κ2) is 12.9. The van der Waals surface area contributed by atoms with Crippen LogP contribution >= 0.6 is 0 Å². The van der Waals surface area contributed by atoms with E-state index in [0.717, 1.165) is 25.7 Å². The number of hydrogen-bond donors (Lipinski definition) is 2. The predicted molar refractivity (Wildman–Crippen MR) is 105 cm³/mol. The van der Waals surface area contributed by atoms with Crippen LogP contribution in [0.2, 0.25) is 0 Å². The fourth-order valence-electron chi connectivity index (χ4n) is 3.64. The molecule has 0 radical (unpaired) electrons. The number of allylic oxidation sites excluding steroid dienone is 3. The Bertz CT molecular complexity index is 481. The molecule has 2 unspecified atom stereocenters. The smallest absolute Gasteiger partial charge is 0.303 e. The van der Waals surface area contributed by atoms with Crippen molar-refractivity contribution >= 4 is 11.8 Å². The van der Waals surface area contributed by atoms with Gasteiger partial charge in [-0.3, -0.25) is 9.59 Å². The van der Waals surface area contributed by atoms with Gasteiger partial charge in [-0.05, 0) is 37.7 Å². The number of hydrogen-bond acceptors (Lipinski definition) is 3. The van der Waals surface area contributed by atoms with Crippen molar-refractivity contribution in [2.75, 3.05) is 0 Å². The molecule has 1 aliphatic rings. The molecular weight excluding hydrogens is 328 g/mol. The average Bonchev–Trinajstić information content (AvgIpc) is 2.98. The van der Waals surface area contributed by atoms with Crippen molar-refractivity contribution in [3.63, 3.8) is 0 Å². The van der Waals surface area contributed by atoms with Gasteiger partial charge in [0.1, 0.15) is 0 Å². The summed E-state index contributed by atoms with van der Waals surface area (Å²) in [4.78, 5) is 22.9. The van der Waals surface area contributed by atoms with E-state index >= 15 is 0 Å². The van der Waals surface area contributed by atoms with Crippen molar-refractivity contribution in [3.8, 4) is 0 Å². The highest BCUT2D eigenvalue weighted by atomic mass is 16.4. The highest BCUT2D eigenvalue weighted by molar-refractivity contribution is 5.94. The summed E-state index contributed by atoms with van der Waals surface area (Å²) in [6.07, 6.45) is 16.0. The van der Waals surface area contributed by atoms with Crippen LogP contribution in [0.25, 0.3) is 0 Å². The highest BCUT2D eigenvalue weighted by Gasteiger charge is 2.33. The van der Waals surface area contributed by atoms with Gasteiger partial charge < -0.3 is 10.2 Å². The molecule has 4 nitrogen and oxygen atoms in total. The SMILES string of the molecule is CCCCCCCC(O)[C@H]1C=CC(=O)[C@@H]1CC=CC(CC)CCC(=O)O. The number of aliphatic carboxylic acids is 1. The van der Waals surface area contributed by atoms with Gasteiger partial charge in [-0.2, -0.15) is 0 Å². The third kappa shape index (κ3) is 8.31. The molecule has 0 aliphatic heterocycles. The first-order chi connectivity index (χ1) is 12.5. The molecule has 1 rings (SSSR count). The highest BCUT2D eigenvalue weighted by Crippen LogP contribution is 2.31. The molecule has 4 heteroatoms. The van der Waals surface area contributed by atoms with Gasteiger partial charge in [-0.25, -0.2) is 0 Å². The number of rotatable bonds is 14. The van der Waals surface area contributed by atoms with Gasteiger partial charge in [0, 0.05) is 18.3 Å². The van der Waals surface area contributed by atoms with Gasteiger partial charge in [0.15, 0.2) is 5.78 Å². The van der Waals surface area contributed by atoms with Crippen LogP contribution in [-0.2, 0) is 9.59 Å². The number of carbonyl (C=O) groups is 2. The fraction of sp³-hybridized carbons (Fsp3) is 0.727. The van der Waals surface area contributed by atoms with Gasteiger partial charge in [-0.1, -0.05) is 64.2 Å². The van der Waals surface area contributed by atoms with E-state index < -0.39 is 12.1 Å². The Morgan fingerprint density at radius 1 is 1.19 bits per heavy atom. The number of aliphatic hydroxyl groups excluding tert-OH is 1. The van der Waals surface area contributed by atoms with Crippen molar-refractivity contribution in [1.82, 2.24) is 0 Å². The van der Waals surface area contributed by atoms with Gasteiger partial charge in [-0.15, -0.1) is 0 Å². The lowest BCUT2D eigenvalue weighted by Gasteiger charge is -2.22. The largest absolute Gasteiger partial charge is 0.481 e. The minimum Gasteiger partial charge on any atom is -0.481 e. The molecule has 0 heterocycles. The van der Waals surface area contributed by atoms with Crippen LogP contribution in [0.1, 0.15) is 78.1 Å². The molecule has 4 atom stereocenters. The average molecular weight is 365 g/mol. The molecule has 0 amide bonds. The van der Waals surface area contributed by atoms with E-state index in [-0.39, 0.29) is 30.0 Å². The maximum absolute atomic E-state index is 12.2. The zero-order valence-electron chi connectivity index (χ0n) is 16.4. The third-order valence-electron chi connectivity index (χ3n) is 5.41. The van der Waals surface area contributed by atoms with Crippen molar-refractivity contribution in [1.29, 1.82) is 0 Å². The van der Waals surface area contributed by atoms with E-state index in [2.05, 4.69) is 6.92 Å². The minimum absolute atomic E-state index is 0.0857. The molecule has 2 N–H and O–H groups in total. The zero-order valence-corrected chi connectivity index (χ0v) is 16.4. The predicted octanol–water partition coefficient (Wildman–Crippen LogP) is 4.92. The van der Waals surface area contributed by atoms with Gasteiger partial charge in [0.25, 0.3) is 0 Å². The first-order valence-corrected chi connectivity index (χ1v) is 10.3. The number of ketones is 1. The van der Waals surface area contributed by atoms with E-state index in [9.17, 15) is 14.7 Å². The first-order valence-electron chi connectivity index (χ1n) is 10.3. The van der Waals surface area contributed by atoms with Gasteiger partial charge in [0.05, 0.1) is 6.10 Å². The molecule has 1 aliphatic carbocycles. The summed E-state index contributed by atoms with van der Waals surface area (Å²) in [5, 5.41) is 19.3. The van der Waals surface area contributed by atoms with Crippen LogP contribution in [-0.4, -0.2) is 28.1 Å². The van der Waals surface area contributed by atoms with Gasteiger partial charge >= 0.3 is 5.97 Å². The molecule has 0 aromatic rings. The van der Waals surface area contributed by atoms with Crippen molar-refractivity contribution in [2.24, 2.45) is 17.8 Å². The van der Waals surface area contributed by atoms with E-state index in [1.807, 2.05) is 25.2 Å². The number of carboxylic acid groups (broad SMARTS) is 1. The minimum atomic E-state index is -0.769. The van der Waals surface area contributed by atoms with E-state index in [1.54, 1.807) is 6.08 Å². The maximum Gasteiger partial charge on any atom is 0.303 e. The van der Waals surface area contributed by atoms with Crippen molar-refractivity contribution in [2.45, 2.75) is 84.2 Å². The topological polar surface area (TPSA) is 74.6 Å². The van der Waals surface area contributed by atoms with Crippen LogP contribution in [0.5, 0.6) is 0 Å². The zero-order chi connectivity index (χ0) is 19.4. The maximum atomic E-state index is 12.2. The molecule has 0 bridgehead atoms. The van der Waals surface area contributed by atoms with Gasteiger partial charge in [0.2, 0.25) is 0 Å². The van der Waals surface area contributed by atoms with E-state index in [1.165, 1.54) is 19.3 Å². The molecular formula is C22H36O4. The monoisotopic (exact) mass is 364 g/mol. The van der Waals surface area contributed by atoms with Crippen LogP contribution in [0.4, 0.5) is 0 Å². The number of carboxylic acids is 1. The Kier molecular flexibility index (Phi) is 11.2. The lowest BCUT2D eigenvalue weighted by atomic mass is 9.84. The van der Waals surface area contributed by atoms with E-state index in [0.29, 0.717) is 12.8 Å². The number of unbranched alkanes of at least 4 members (excludes halogenated alkanes) is 4. The second-order valence-corrected chi connectivity index (χ2v) is 7.48. The summed E-state index contributed by atoms with van der Waals surface area (Å²) in [5.74, 6) is -0.693. The lowest BCUT2D eigenvalue weighted by Crippen LogP contribution is -2.26. The third-order valence-corrected chi connectivity index (χ3v) is 5.41. The molecule has 26 heavy (non-hydrogen) atoms. The Balaban J connectivity index is 2.46. The summed E-state index contributed by atoms with van der Waals surface area (Å²) in [5.41, 5.74) is 0. The van der Waals surface area contributed by atoms with Crippen LogP contribution in [0.3, 0.4) is 0 Å². The summed E-state index contributed by atoms with van der Waals surface area (Å²) in [7, 11) is 0. The lowest BCUT2D eigenvalue weighted by molar-refractivity contribution is -0.137. The molecule has 0 aromatic carbocycles. The Hall–Kier alpha value is -1.42. The summed E-state index contributed by atoms with van der Waals surface area (Å²) in [6.45, 7) is 4.23. The molecule has 0 aromatic heterocycles. The first kappa shape index (κ1) is 22.6. The molecule has 0 fully saturated rings. The molecule has 0 saturated carbocycles. The van der Waals surface area contributed by atoms with Crippen LogP contribution in [0.15, 0.2) is 24.3 Å². The van der Waals surface area contributed by atoms with Crippen LogP contribution < -0.4 is 0 Å². The van der Waals surface area contributed by atoms with Crippen LogP contribution in [0, 0.1) is 17.8 Å². The normalized spacial score (nSPS) is 22.2. The standard InChI is InChI=1S/C22H36O4/c1-3-5-6-7-8-12-20(23)19-14-15-21(24)18(19)11-9-10-17(4-2)13-16-22(25)26/h9-10,14-15,17-20,23H,3-8,11-13,16H2,1-2H3,(H,25,26)/t17?,18-,19+,20?/m1/s1. The second-order valence-electron chi connectivity index (χ2n) is 7.48. The fourth-order valence-corrected chi connectivity index (χ4v) is 3.64. The van der Waals surface area contributed by atoms with E-state index in [4.69, 9.17) is 5.11 Å². The Labute approximate surface area is 158 Å². The number of aliphatic hydroxyl groups is 1. The Morgan fingerprint density at radius 3 is 2.58 bits per heavy atom. The summed E-state index contributed by atoms with van der Waals surface area (Å²) < 4.78 is 0. The van der Waals surface area contributed by atoms with Crippen molar-refractivity contribution < 1.29 is 19.8 Å². The summed E-state index contributed by atoms with van der Waals surface area (Å²) in [6, 6.07) is 0. The quantitative estimate of drug-likeness (QED) is 0.339. The number of carbonyl (C=O) groups excluding carboxylic acids is 1. The summed E-state index contributed by atoms with van der Waals surface area (Å²) >= 11 is 0. The molecule has 0 spiro atoms. The van der Waals surface area contributed by atoms with Crippen molar-refractivity contribution in [3.05, 3.63) is 24.3 Å². The molecule has 0 saturated heterocycles. The Morgan fingerprint density at radius 2 is 1.92 bits per heavy atom.